The predicted octanol–water partition coefficient (Wildman–Crippen LogP) is 2.49. The predicted molar refractivity (Wildman–Crippen MR) is 123 cm³/mol. The lowest BCUT2D eigenvalue weighted by Gasteiger charge is -2.26. The Bertz CT molecular complexity index is 1130. The van der Waals surface area contributed by atoms with Crippen molar-refractivity contribution in [2.45, 2.75) is 23.0 Å². The molecular weight excluding hydrogens is 448 g/mol. The number of aromatic nitrogens is 3. The summed E-state index contributed by atoms with van der Waals surface area (Å²) in [6.07, 6.45) is 0.658. The van der Waals surface area contributed by atoms with Crippen molar-refractivity contribution in [1.82, 2.24) is 19.1 Å². The molecule has 1 fully saturated rings. The van der Waals surface area contributed by atoms with E-state index in [-0.39, 0.29) is 11.5 Å². The smallest absolute Gasteiger partial charge is 0.243 e. The first-order valence-electron chi connectivity index (χ1n) is 10.5. The highest BCUT2D eigenvalue weighted by Crippen LogP contribution is 2.28. The molecule has 0 radical (unpaired) electrons. The first kappa shape index (κ1) is 22.9. The molecule has 2 aromatic carbocycles. The summed E-state index contributed by atoms with van der Waals surface area (Å²) in [5.41, 5.74) is 1.78. The van der Waals surface area contributed by atoms with E-state index in [0.29, 0.717) is 50.7 Å². The van der Waals surface area contributed by atoms with Crippen molar-refractivity contribution in [2.75, 3.05) is 38.7 Å². The van der Waals surface area contributed by atoms with Crippen LogP contribution in [0.25, 0.3) is 11.4 Å². The molecule has 1 aliphatic rings. The highest BCUT2D eigenvalue weighted by atomic mass is 32.2. The number of thioether (sulfide) groups is 1. The van der Waals surface area contributed by atoms with Crippen molar-refractivity contribution in [3.05, 3.63) is 60.2 Å². The van der Waals surface area contributed by atoms with E-state index in [9.17, 15) is 8.42 Å². The summed E-state index contributed by atoms with van der Waals surface area (Å²) >= 11 is 1.53. The van der Waals surface area contributed by atoms with Gasteiger partial charge in [0.25, 0.3) is 0 Å². The highest BCUT2D eigenvalue weighted by Gasteiger charge is 2.27. The van der Waals surface area contributed by atoms with E-state index in [2.05, 4.69) is 10.2 Å². The zero-order chi connectivity index (χ0) is 22.4. The first-order valence-corrected chi connectivity index (χ1v) is 12.9. The summed E-state index contributed by atoms with van der Waals surface area (Å²) in [6, 6.07) is 16.9. The van der Waals surface area contributed by atoms with Crippen molar-refractivity contribution in [3.8, 4) is 11.4 Å². The zero-order valence-electron chi connectivity index (χ0n) is 17.6. The van der Waals surface area contributed by atoms with E-state index >= 15 is 0 Å². The Balaban J connectivity index is 1.69. The Morgan fingerprint density at radius 1 is 1.03 bits per heavy atom. The largest absolute Gasteiger partial charge is 0.396 e. The number of sulfonamides is 1. The maximum Gasteiger partial charge on any atom is 0.243 e. The molecule has 4 rings (SSSR count). The van der Waals surface area contributed by atoms with Crippen molar-refractivity contribution >= 4 is 21.8 Å². The minimum absolute atomic E-state index is 0.119. The second-order valence-electron chi connectivity index (χ2n) is 7.35. The van der Waals surface area contributed by atoms with Gasteiger partial charge in [-0.05, 0) is 24.1 Å². The molecule has 2 heterocycles. The SMILES string of the molecule is O=S(=O)(c1cccc(-c2nnc(SCCCO)n2Cc2ccccc2)c1)N1CCOCC1. The summed E-state index contributed by atoms with van der Waals surface area (Å²) in [5, 5.41) is 18.6. The van der Waals surface area contributed by atoms with Crippen LogP contribution in [0.5, 0.6) is 0 Å². The van der Waals surface area contributed by atoms with Crippen LogP contribution in [0.15, 0.2) is 64.6 Å². The molecule has 10 heteroatoms. The van der Waals surface area contributed by atoms with Gasteiger partial charge in [0.1, 0.15) is 0 Å². The third kappa shape index (κ3) is 5.21. The van der Waals surface area contributed by atoms with Gasteiger partial charge in [-0.15, -0.1) is 10.2 Å². The van der Waals surface area contributed by atoms with Gasteiger partial charge >= 0.3 is 0 Å². The summed E-state index contributed by atoms with van der Waals surface area (Å²) in [4.78, 5) is 0.237. The number of morpholine rings is 1. The van der Waals surface area contributed by atoms with Gasteiger partial charge in [-0.1, -0.05) is 54.2 Å². The van der Waals surface area contributed by atoms with Crippen molar-refractivity contribution in [3.63, 3.8) is 0 Å². The second-order valence-corrected chi connectivity index (χ2v) is 10.3. The number of hydrogen-bond donors (Lipinski definition) is 1. The molecular formula is C22H26N4O4S2. The van der Waals surface area contributed by atoms with Crippen molar-refractivity contribution < 1.29 is 18.3 Å². The van der Waals surface area contributed by atoms with Crippen LogP contribution in [0.1, 0.15) is 12.0 Å². The van der Waals surface area contributed by atoms with Crippen LogP contribution in [0.4, 0.5) is 0 Å². The van der Waals surface area contributed by atoms with Gasteiger partial charge in [-0.25, -0.2) is 8.42 Å². The van der Waals surface area contributed by atoms with Gasteiger partial charge in [0.05, 0.1) is 24.7 Å². The quantitative estimate of drug-likeness (QED) is 0.376. The molecule has 8 nitrogen and oxygen atoms in total. The fourth-order valence-corrected chi connectivity index (χ4v) is 5.79. The fraction of sp³-hybridized carbons (Fsp3) is 0.364. The lowest BCUT2D eigenvalue weighted by molar-refractivity contribution is 0.0730. The molecule has 3 aromatic rings. The molecule has 1 saturated heterocycles. The van der Waals surface area contributed by atoms with Crippen LogP contribution in [-0.4, -0.2) is 71.3 Å². The molecule has 0 spiro atoms. The van der Waals surface area contributed by atoms with Crippen molar-refractivity contribution in [1.29, 1.82) is 0 Å². The molecule has 170 valence electrons. The first-order chi connectivity index (χ1) is 15.6. The number of hydrogen-bond acceptors (Lipinski definition) is 7. The van der Waals surface area contributed by atoms with Crippen LogP contribution in [0.2, 0.25) is 0 Å². The fourth-order valence-electron chi connectivity index (χ4n) is 3.48. The molecule has 32 heavy (non-hydrogen) atoms. The van der Waals surface area contributed by atoms with Crippen LogP contribution in [-0.2, 0) is 21.3 Å². The minimum atomic E-state index is -3.61. The van der Waals surface area contributed by atoms with E-state index in [1.807, 2.05) is 41.0 Å². The molecule has 0 amide bonds. The average Bonchev–Trinajstić information content (AvgIpc) is 3.23. The lowest BCUT2D eigenvalue weighted by Crippen LogP contribution is -2.40. The molecule has 1 aromatic heterocycles. The van der Waals surface area contributed by atoms with E-state index in [1.54, 1.807) is 18.2 Å². The molecule has 1 aliphatic heterocycles. The van der Waals surface area contributed by atoms with Crippen LogP contribution >= 0.6 is 11.8 Å². The third-order valence-corrected chi connectivity index (χ3v) is 8.08. The maximum absolute atomic E-state index is 13.1. The zero-order valence-corrected chi connectivity index (χ0v) is 19.3. The monoisotopic (exact) mass is 474 g/mol. The van der Waals surface area contributed by atoms with E-state index in [1.165, 1.54) is 16.1 Å². The molecule has 0 unspecified atom stereocenters. The van der Waals surface area contributed by atoms with E-state index in [0.717, 1.165) is 16.5 Å². The summed E-state index contributed by atoms with van der Waals surface area (Å²) in [5.74, 6) is 1.33. The van der Waals surface area contributed by atoms with Gasteiger partial charge < -0.3 is 9.84 Å². The normalized spacial score (nSPS) is 15.2. The van der Waals surface area contributed by atoms with Crippen LogP contribution < -0.4 is 0 Å². The maximum atomic E-state index is 13.1. The van der Waals surface area contributed by atoms with E-state index in [4.69, 9.17) is 9.84 Å². The Morgan fingerprint density at radius 2 is 1.81 bits per heavy atom. The molecule has 1 N–H and O–H groups in total. The summed E-state index contributed by atoms with van der Waals surface area (Å²) in [6.45, 7) is 2.18. The van der Waals surface area contributed by atoms with Crippen molar-refractivity contribution in [2.24, 2.45) is 0 Å². The van der Waals surface area contributed by atoms with Gasteiger partial charge in [-0.3, -0.25) is 4.57 Å². The van der Waals surface area contributed by atoms with Gasteiger partial charge in [0.2, 0.25) is 10.0 Å². The topological polar surface area (TPSA) is 97.6 Å². The Labute approximate surface area is 192 Å². The van der Waals surface area contributed by atoms with Gasteiger partial charge in [-0.2, -0.15) is 4.31 Å². The van der Waals surface area contributed by atoms with Crippen LogP contribution in [0, 0.1) is 0 Å². The molecule has 0 aliphatic carbocycles. The highest BCUT2D eigenvalue weighted by molar-refractivity contribution is 7.99. The van der Waals surface area contributed by atoms with Gasteiger partial charge in [0.15, 0.2) is 11.0 Å². The Hall–Kier alpha value is -2.24. The summed E-state index contributed by atoms with van der Waals surface area (Å²) < 4.78 is 35.0. The van der Waals surface area contributed by atoms with Gasteiger partial charge in [0, 0.05) is 31.0 Å². The molecule has 0 atom stereocenters. The Kier molecular flexibility index (Phi) is 7.59. The third-order valence-electron chi connectivity index (χ3n) is 5.13. The standard InChI is InChI=1S/C22H26N4O4S2/c27-12-5-15-31-22-24-23-21(26(22)17-18-6-2-1-3-7-18)19-8-4-9-20(16-19)32(28,29)25-10-13-30-14-11-25/h1-4,6-9,16,27H,5,10-15,17H2. The second kappa shape index (κ2) is 10.6. The average molecular weight is 475 g/mol. The molecule has 0 saturated carbocycles. The Morgan fingerprint density at radius 3 is 2.56 bits per heavy atom. The minimum Gasteiger partial charge on any atom is -0.396 e. The number of nitrogens with zero attached hydrogens (tertiary/aromatic N) is 4. The number of aliphatic hydroxyl groups excluding tert-OH is 1. The van der Waals surface area contributed by atoms with E-state index < -0.39 is 10.0 Å². The number of benzene rings is 2. The number of aliphatic hydroxyl groups is 1. The number of rotatable bonds is 9. The number of ether oxygens (including phenoxy) is 1. The van der Waals surface area contributed by atoms with Crippen LogP contribution in [0.3, 0.4) is 0 Å². The lowest BCUT2D eigenvalue weighted by atomic mass is 10.2. The molecule has 0 bridgehead atoms. The summed E-state index contributed by atoms with van der Waals surface area (Å²) in [7, 11) is -3.61.